The van der Waals surface area contributed by atoms with Crippen molar-refractivity contribution in [3.63, 3.8) is 0 Å². The normalized spacial score (nSPS) is 27.8. The van der Waals surface area contributed by atoms with E-state index in [0.29, 0.717) is 13.1 Å². The molecule has 122 valence electrons. The second-order valence-corrected chi connectivity index (χ2v) is 8.30. The lowest BCUT2D eigenvalue weighted by atomic mass is 10.0. The van der Waals surface area contributed by atoms with Crippen LogP contribution in [0.1, 0.15) is 30.9 Å². The predicted molar refractivity (Wildman–Crippen MR) is 86.0 cm³/mol. The van der Waals surface area contributed by atoms with Crippen molar-refractivity contribution < 1.29 is 13.5 Å². The first-order valence-electron chi connectivity index (χ1n) is 8.01. The van der Waals surface area contributed by atoms with E-state index in [4.69, 9.17) is 0 Å². The number of sulfonamides is 1. The molecule has 2 saturated heterocycles. The summed E-state index contributed by atoms with van der Waals surface area (Å²) >= 11 is 0. The predicted octanol–water partition coefficient (Wildman–Crippen LogP) is 1.22. The van der Waals surface area contributed by atoms with Gasteiger partial charge in [-0.3, -0.25) is 4.90 Å². The fraction of sp³-hybridized carbons (Fsp3) is 0.625. The largest absolute Gasteiger partial charge is 0.387 e. The summed E-state index contributed by atoms with van der Waals surface area (Å²) in [6.07, 6.45) is 2.14. The van der Waals surface area contributed by atoms with Crippen LogP contribution in [0.15, 0.2) is 30.3 Å². The lowest BCUT2D eigenvalue weighted by molar-refractivity contribution is 0.0796. The zero-order chi connectivity index (χ0) is 15.6. The minimum absolute atomic E-state index is 0.0734. The minimum Gasteiger partial charge on any atom is -0.387 e. The molecule has 0 unspecified atom stereocenters. The van der Waals surface area contributed by atoms with E-state index in [1.807, 2.05) is 30.3 Å². The highest BCUT2D eigenvalue weighted by Crippen LogP contribution is 2.25. The Bertz CT molecular complexity index is 591. The summed E-state index contributed by atoms with van der Waals surface area (Å²) in [5.74, 6) is 0.288. The van der Waals surface area contributed by atoms with Gasteiger partial charge in [0, 0.05) is 25.7 Å². The number of piperidine rings is 1. The van der Waals surface area contributed by atoms with Crippen LogP contribution in [0.4, 0.5) is 0 Å². The SMILES string of the molecule is O=S1(=O)CCCN1[C@@H]1CCCN(C[C@@H](O)c2ccccc2)C1. The lowest BCUT2D eigenvalue weighted by Gasteiger charge is -2.37. The highest BCUT2D eigenvalue weighted by atomic mass is 32.2. The van der Waals surface area contributed by atoms with E-state index < -0.39 is 16.1 Å². The molecule has 2 atom stereocenters. The first-order chi connectivity index (χ1) is 10.6. The third-order valence-electron chi connectivity index (χ3n) is 4.64. The van der Waals surface area contributed by atoms with Crippen molar-refractivity contribution in [3.05, 3.63) is 35.9 Å². The summed E-state index contributed by atoms with van der Waals surface area (Å²) in [4.78, 5) is 2.19. The van der Waals surface area contributed by atoms with Gasteiger partial charge in [-0.25, -0.2) is 8.42 Å². The Morgan fingerprint density at radius 1 is 1.18 bits per heavy atom. The van der Waals surface area contributed by atoms with Gasteiger partial charge in [0.05, 0.1) is 11.9 Å². The van der Waals surface area contributed by atoms with E-state index in [1.165, 1.54) is 0 Å². The molecular formula is C16H24N2O3S. The number of aliphatic hydroxyl groups is 1. The molecular weight excluding hydrogens is 300 g/mol. The number of hydrogen-bond donors (Lipinski definition) is 1. The fourth-order valence-corrected chi connectivity index (χ4v) is 5.29. The maximum atomic E-state index is 12.1. The molecule has 2 aliphatic heterocycles. The Balaban J connectivity index is 1.61. The second kappa shape index (κ2) is 6.66. The molecule has 0 amide bonds. The van der Waals surface area contributed by atoms with Gasteiger partial charge in [0.25, 0.3) is 0 Å². The van der Waals surface area contributed by atoms with E-state index in [-0.39, 0.29) is 11.8 Å². The molecule has 0 radical (unpaired) electrons. The molecule has 2 heterocycles. The Morgan fingerprint density at radius 3 is 2.64 bits per heavy atom. The van der Waals surface area contributed by atoms with Crippen molar-refractivity contribution in [1.29, 1.82) is 0 Å². The molecule has 0 bridgehead atoms. The minimum atomic E-state index is -3.05. The monoisotopic (exact) mass is 324 g/mol. The van der Waals surface area contributed by atoms with E-state index in [9.17, 15) is 13.5 Å². The van der Waals surface area contributed by atoms with Gasteiger partial charge in [0.1, 0.15) is 0 Å². The van der Waals surface area contributed by atoms with E-state index >= 15 is 0 Å². The van der Waals surface area contributed by atoms with Crippen molar-refractivity contribution in [3.8, 4) is 0 Å². The standard InChI is InChI=1S/C16H24N2O3S/c19-16(14-6-2-1-3-7-14)13-17-9-4-8-15(12-17)18-10-5-11-22(18,20)21/h1-3,6-7,15-16,19H,4-5,8-13H2/t15-,16-/m1/s1. The molecule has 1 N–H and O–H groups in total. The van der Waals surface area contributed by atoms with Crippen molar-refractivity contribution >= 4 is 10.0 Å². The number of benzene rings is 1. The maximum Gasteiger partial charge on any atom is 0.214 e. The number of β-amino-alcohol motifs (C(OH)–C–C–N with tert-alkyl or cyclic N) is 1. The van der Waals surface area contributed by atoms with Gasteiger partial charge in [-0.05, 0) is 31.4 Å². The number of rotatable bonds is 4. The van der Waals surface area contributed by atoms with Crippen LogP contribution in [-0.4, -0.2) is 60.7 Å². The molecule has 2 fully saturated rings. The highest BCUT2D eigenvalue weighted by molar-refractivity contribution is 7.89. The van der Waals surface area contributed by atoms with Crippen LogP contribution in [0, 0.1) is 0 Å². The molecule has 6 heteroatoms. The van der Waals surface area contributed by atoms with Crippen LogP contribution < -0.4 is 0 Å². The summed E-state index contributed by atoms with van der Waals surface area (Å²) in [6.45, 7) is 2.87. The maximum absolute atomic E-state index is 12.1. The van der Waals surface area contributed by atoms with Crippen molar-refractivity contribution in [2.24, 2.45) is 0 Å². The van der Waals surface area contributed by atoms with E-state index in [0.717, 1.165) is 37.9 Å². The van der Waals surface area contributed by atoms with Crippen LogP contribution in [0.3, 0.4) is 0 Å². The average molecular weight is 324 g/mol. The van der Waals surface area contributed by atoms with Gasteiger partial charge in [0.2, 0.25) is 10.0 Å². The van der Waals surface area contributed by atoms with Crippen LogP contribution in [-0.2, 0) is 10.0 Å². The smallest absolute Gasteiger partial charge is 0.214 e. The molecule has 0 aliphatic carbocycles. The Labute approximate surface area is 132 Å². The molecule has 0 saturated carbocycles. The summed E-state index contributed by atoms with van der Waals surface area (Å²) in [5.41, 5.74) is 0.915. The van der Waals surface area contributed by atoms with Crippen molar-refractivity contribution in [2.75, 3.05) is 31.9 Å². The topological polar surface area (TPSA) is 60.9 Å². The number of hydrogen-bond acceptors (Lipinski definition) is 4. The van der Waals surface area contributed by atoms with Gasteiger partial charge in [-0.2, -0.15) is 4.31 Å². The van der Waals surface area contributed by atoms with Gasteiger partial charge in [-0.15, -0.1) is 0 Å². The first kappa shape index (κ1) is 15.9. The molecule has 22 heavy (non-hydrogen) atoms. The van der Waals surface area contributed by atoms with Gasteiger partial charge < -0.3 is 5.11 Å². The fourth-order valence-electron chi connectivity index (χ4n) is 3.53. The molecule has 3 rings (SSSR count). The molecule has 2 aliphatic rings. The number of likely N-dealkylation sites (tertiary alicyclic amines) is 1. The number of aliphatic hydroxyl groups excluding tert-OH is 1. The van der Waals surface area contributed by atoms with Gasteiger partial charge in [-0.1, -0.05) is 30.3 Å². The summed E-state index contributed by atoms with van der Waals surface area (Å²) in [6, 6.07) is 9.71. The third-order valence-corrected chi connectivity index (χ3v) is 6.64. The van der Waals surface area contributed by atoms with E-state index in [2.05, 4.69) is 4.90 Å². The lowest BCUT2D eigenvalue weighted by Crippen LogP contribution is -2.49. The summed E-state index contributed by atoms with van der Waals surface area (Å²) in [7, 11) is -3.05. The molecule has 1 aromatic rings. The quantitative estimate of drug-likeness (QED) is 0.905. The summed E-state index contributed by atoms with van der Waals surface area (Å²) in [5, 5.41) is 10.4. The van der Waals surface area contributed by atoms with Crippen LogP contribution in [0.5, 0.6) is 0 Å². The highest BCUT2D eigenvalue weighted by Gasteiger charge is 2.36. The zero-order valence-corrected chi connectivity index (χ0v) is 13.6. The Morgan fingerprint density at radius 2 is 1.95 bits per heavy atom. The molecule has 1 aromatic carbocycles. The number of nitrogens with zero attached hydrogens (tertiary/aromatic N) is 2. The first-order valence-corrected chi connectivity index (χ1v) is 9.62. The van der Waals surface area contributed by atoms with E-state index in [1.54, 1.807) is 4.31 Å². The Hall–Kier alpha value is -0.950. The molecule has 0 spiro atoms. The zero-order valence-electron chi connectivity index (χ0n) is 12.8. The molecule has 0 aromatic heterocycles. The van der Waals surface area contributed by atoms with Gasteiger partial charge in [0.15, 0.2) is 0 Å². The Kier molecular flexibility index (Phi) is 4.82. The summed E-state index contributed by atoms with van der Waals surface area (Å²) < 4.78 is 25.8. The van der Waals surface area contributed by atoms with Crippen LogP contribution in [0.2, 0.25) is 0 Å². The van der Waals surface area contributed by atoms with Crippen molar-refractivity contribution in [2.45, 2.75) is 31.4 Å². The van der Waals surface area contributed by atoms with Crippen LogP contribution >= 0.6 is 0 Å². The van der Waals surface area contributed by atoms with Gasteiger partial charge >= 0.3 is 0 Å². The molecule has 5 nitrogen and oxygen atoms in total. The van der Waals surface area contributed by atoms with Crippen LogP contribution in [0.25, 0.3) is 0 Å². The average Bonchev–Trinajstić information content (AvgIpc) is 2.88. The third kappa shape index (κ3) is 3.51. The van der Waals surface area contributed by atoms with Crippen molar-refractivity contribution in [1.82, 2.24) is 9.21 Å². The second-order valence-electron chi connectivity index (χ2n) is 6.26.